The molecule has 16 heavy (non-hydrogen) atoms. The molecule has 0 fully saturated rings. The Morgan fingerprint density at radius 3 is 2.75 bits per heavy atom. The third kappa shape index (κ3) is 1.87. The normalized spacial score (nSPS) is 11.0. The van der Waals surface area contributed by atoms with E-state index in [4.69, 9.17) is 0 Å². The zero-order valence-corrected chi connectivity index (χ0v) is 10.8. The molecule has 0 spiro atoms. The van der Waals surface area contributed by atoms with Crippen LogP contribution in [0.5, 0.6) is 0 Å². The standard InChI is InChI=1S/C13H12BrNO/c1-8(2)12-6-9(7-16)10-4-3-5-11(14)13(10)15-12/h3-8H,1-2H3. The van der Waals surface area contributed by atoms with Gasteiger partial charge in [0.2, 0.25) is 0 Å². The van der Waals surface area contributed by atoms with Gasteiger partial charge in [0.1, 0.15) is 0 Å². The van der Waals surface area contributed by atoms with Crippen LogP contribution in [0.3, 0.4) is 0 Å². The quantitative estimate of drug-likeness (QED) is 0.779. The van der Waals surface area contributed by atoms with Crippen LogP contribution in [0, 0.1) is 0 Å². The zero-order chi connectivity index (χ0) is 11.7. The van der Waals surface area contributed by atoms with Gasteiger partial charge in [-0.15, -0.1) is 0 Å². The van der Waals surface area contributed by atoms with E-state index < -0.39 is 0 Å². The van der Waals surface area contributed by atoms with E-state index in [1.165, 1.54) is 0 Å². The predicted molar refractivity (Wildman–Crippen MR) is 68.9 cm³/mol. The highest BCUT2D eigenvalue weighted by Gasteiger charge is 2.09. The van der Waals surface area contributed by atoms with Gasteiger partial charge in [-0.1, -0.05) is 26.0 Å². The third-order valence-corrected chi connectivity index (χ3v) is 3.20. The molecule has 0 aliphatic heterocycles. The Bertz CT molecular complexity index is 549. The molecule has 3 heteroatoms. The fourth-order valence-electron chi connectivity index (χ4n) is 1.65. The maximum Gasteiger partial charge on any atom is 0.150 e. The molecule has 2 aromatic rings. The summed E-state index contributed by atoms with van der Waals surface area (Å²) in [5.41, 5.74) is 2.51. The van der Waals surface area contributed by atoms with Gasteiger partial charge in [0.05, 0.1) is 5.52 Å². The molecule has 0 saturated heterocycles. The van der Waals surface area contributed by atoms with E-state index in [0.717, 1.165) is 27.4 Å². The first-order valence-electron chi connectivity index (χ1n) is 5.18. The first-order chi connectivity index (χ1) is 7.63. The van der Waals surface area contributed by atoms with Gasteiger partial charge in [-0.25, -0.2) is 0 Å². The molecule has 0 aliphatic carbocycles. The average molecular weight is 278 g/mol. The van der Waals surface area contributed by atoms with E-state index in [1.54, 1.807) is 0 Å². The summed E-state index contributed by atoms with van der Waals surface area (Å²) in [6.45, 7) is 4.14. The van der Waals surface area contributed by atoms with E-state index in [1.807, 2.05) is 24.3 Å². The number of carbonyl (C=O) groups is 1. The molecule has 0 atom stereocenters. The molecule has 0 radical (unpaired) electrons. The molecule has 1 aromatic carbocycles. The highest BCUT2D eigenvalue weighted by atomic mass is 79.9. The van der Waals surface area contributed by atoms with Gasteiger partial charge in [0.15, 0.2) is 6.29 Å². The first kappa shape index (κ1) is 11.3. The number of rotatable bonds is 2. The number of hydrogen-bond acceptors (Lipinski definition) is 2. The van der Waals surface area contributed by atoms with Crippen LogP contribution < -0.4 is 0 Å². The molecular formula is C13H12BrNO. The molecule has 2 nitrogen and oxygen atoms in total. The van der Waals surface area contributed by atoms with E-state index in [2.05, 4.69) is 34.8 Å². The molecule has 1 aromatic heterocycles. The SMILES string of the molecule is CC(C)c1cc(C=O)c2cccc(Br)c2n1. The topological polar surface area (TPSA) is 30.0 Å². The van der Waals surface area contributed by atoms with Crippen molar-refractivity contribution in [3.8, 4) is 0 Å². The lowest BCUT2D eigenvalue weighted by atomic mass is 10.0. The Labute approximate surface area is 103 Å². The number of carbonyl (C=O) groups excluding carboxylic acids is 1. The number of benzene rings is 1. The molecule has 0 N–H and O–H groups in total. The number of nitrogens with zero attached hydrogens (tertiary/aromatic N) is 1. The molecule has 1 heterocycles. The van der Waals surface area contributed by atoms with E-state index in [9.17, 15) is 4.79 Å². The summed E-state index contributed by atoms with van der Waals surface area (Å²) in [6.07, 6.45) is 0.891. The maximum absolute atomic E-state index is 11.1. The second kappa shape index (κ2) is 4.34. The average Bonchev–Trinajstić information content (AvgIpc) is 2.28. The number of halogens is 1. The lowest BCUT2D eigenvalue weighted by Crippen LogP contribution is -1.97. The smallest absolute Gasteiger partial charge is 0.150 e. The fraction of sp³-hybridized carbons (Fsp3) is 0.231. The molecular weight excluding hydrogens is 266 g/mol. The summed E-state index contributed by atoms with van der Waals surface area (Å²) in [6, 6.07) is 7.64. The lowest BCUT2D eigenvalue weighted by Gasteiger charge is -2.09. The lowest BCUT2D eigenvalue weighted by molar-refractivity contribution is 0.112. The van der Waals surface area contributed by atoms with E-state index >= 15 is 0 Å². The van der Waals surface area contributed by atoms with Crippen LogP contribution in [0.25, 0.3) is 10.9 Å². The highest BCUT2D eigenvalue weighted by molar-refractivity contribution is 9.10. The van der Waals surface area contributed by atoms with Crippen LogP contribution in [-0.4, -0.2) is 11.3 Å². The van der Waals surface area contributed by atoms with Crippen molar-refractivity contribution in [2.45, 2.75) is 19.8 Å². The fourth-order valence-corrected chi connectivity index (χ4v) is 2.11. The Morgan fingerprint density at radius 1 is 1.38 bits per heavy atom. The van der Waals surface area contributed by atoms with Gasteiger partial charge >= 0.3 is 0 Å². The number of aromatic nitrogens is 1. The largest absolute Gasteiger partial charge is 0.298 e. The summed E-state index contributed by atoms with van der Waals surface area (Å²) in [5.74, 6) is 0.315. The summed E-state index contributed by atoms with van der Waals surface area (Å²) < 4.78 is 0.926. The summed E-state index contributed by atoms with van der Waals surface area (Å²) in [7, 11) is 0. The van der Waals surface area contributed by atoms with Crippen LogP contribution >= 0.6 is 15.9 Å². The number of pyridine rings is 1. The van der Waals surface area contributed by atoms with E-state index in [0.29, 0.717) is 11.5 Å². The molecule has 0 saturated carbocycles. The number of aldehydes is 1. The van der Waals surface area contributed by atoms with Gasteiger partial charge in [-0.2, -0.15) is 0 Å². The van der Waals surface area contributed by atoms with Crippen molar-refractivity contribution < 1.29 is 4.79 Å². The van der Waals surface area contributed by atoms with Crippen LogP contribution in [0.15, 0.2) is 28.7 Å². The zero-order valence-electron chi connectivity index (χ0n) is 9.20. The Kier molecular flexibility index (Phi) is 3.06. The predicted octanol–water partition coefficient (Wildman–Crippen LogP) is 3.93. The van der Waals surface area contributed by atoms with Crippen molar-refractivity contribution in [3.63, 3.8) is 0 Å². The van der Waals surface area contributed by atoms with Crippen molar-refractivity contribution >= 4 is 33.1 Å². The molecule has 2 rings (SSSR count). The summed E-state index contributed by atoms with van der Waals surface area (Å²) in [5, 5.41) is 0.897. The molecule has 0 bridgehead atoms. The molecule has 0 unspecified atom stereocenters. The van der Waals surface area contributed by atoms with Gasteiger partial charge in [0, 0.05) is 21.1 Å². The number of hydrogen-bond donors (Lipinski definition) is 0. The Balaban J connectivity index is 2.84. The summed E-state index contributed by atoms with van der Waals surface area (Å²) in [4.78, 5) is 15.6. The number of para-hydroxylation sites is 1. The minimum absolute atomic E-state index is 0.315. The van der Waals surface area contributed by atoms with Gasteiger partial charge in [-0.05, 0) is 34.0 Å². The Hall–Kier alpha value is -1.22. The molecule has 0 amide bonds. The van der Waals surface area contributed by atoms with Crippen LogP contribution in [-0.2, 0) is 0 Å². The minimum Gasteiger partial charge on any atom is -0.298 e. The third-order valence-electron chi connectivity index (χ3n) is 2.56. The van der Waals surface area contributed by atoms with Crippen molar-refractivity contribution in [1.29, 1.82) is 0 Å². The Morgan fingerprint density at radius 2 is 2.12 bits per heavy atom. The van der Waals surface area contributed by atoms with Crippen molar-refractivity contribution in [2.75, 3.05) is 0 Å². The van der Waals surface area contributed by atoms with Crippen LogP contribution in [0.1, 0.15) is 35.8 Å². The molecule has 82 valence electrons. The second-order valence-electron chi connectivity index (χ2n) is 4.04. The molecule has 0 aliphatic rings. The van der Waals surface area contributed by atoms with Gasteiger partial charge in [-0.3, -0.25) is 9.78 Å². The number of fused-ring (bicyclic) bond motifs is 1. The van der Waals surface area contributed by atoms with E-state index in [-0.39, 0.29) is 0 Å². The first-order valence-corrected chi connectivity index (χ1v) is 5.97. The van der Waals surface area contributed by atoms with Crippen LogP contribution in [0.2, 0.25) is 0 Å². The maximum atomic E-state index is 11.1. The monoisotopic (exact) mass is 277 g/mol. The second-order valence-corrected chi connectivity index (χ2v) is 4.90. The summed E-state index contributed by atoms with van der Waals surface area (Å²) >= 11 is 3.47. The van der Waals surface area contributed by atoms with Gasteiger partial charge in [0.25, 0.3) is 0 Å². The van der Waals surface area contributed by atoms with Crippen LogP contribution in [0.4, 0.5) is 0 Å². The minimum atomic E-state index is 0.315. The van der Waals surface area contributed by atoms with Crippen molar-refractivity contribution in [2.24, 2.45) is 0 Å². The van der Waals surface area contributed by atoms with Crippen molar-refractivity contribution in [3.05, 3.63) is 40.0 Å². The van der Waals surface area contributed by atoms with Gasteiger partial charge < -0.3 is 0 Å². The highest BCUT2D eigenvalue weighted by Crippen LogP contribution is 2.26. The van der Waals surface area contributed by atoms with Crippen molar-refractivity contribution in [1.82, 2.24) is 4.98 Å².